The van der Waals surface area contributed by atoms with Crippen molar-refractivity contribution in [3.05, 3.63) is 34.4 Å². The van der Waals surface area contributed by atoms with Crippen LogP contribution >= 0.6 is 0 Å². The molecule has 0 unspecified atom stereocenters. The Balaban J connectivity index is 2.58. The zero-order chi connectivity index (χ0) is 13.8. The molecule has 0 atom stereocenters. The van der Waals surface area contributed by atoms with Gasteiger partial charge in [0, 0.05) is 12.1 Å². The third-order valence-corrected chi connectivity index (χ3v) is 2.09. The summed E-state index contributed by atoms with van der Waals surface area (Å²) in [4.78, 5) is 20.4. The molecule has 18 heavy (non-hydrogen) atoms. The number of nitro benzene ring substituents is 1. The summed E-state index contributed by atoms with van der Waals surface area (Å²) in [6.45, 7) is 3.47. The summed E-state index contributed by atoms with van der Waals surface area (Å²) < 4.78 is 5.36. The number of amides is 1. The number of rotatable bonds is 5. The first-order valence-electron chi connectivity index (χ1n) is 5.18. The van der Waals surface area contributed by atoms with Gasteiger partial charge in [-0.05, 0) is 26.0 Å². The highest BCUT2D eigenvalue weighted by Crippen LogP contribution is 2.18. The summed E-state index contributed by atoms with van der Waals surface area (Å²) in [5.41, 5.74) is -0.765. The van der Waals surface area contributed by atoms with E-state index in [-0.39, 0.29) is 12.3 Å². The molecule has 98 valence electrons. The lowest BCUT2D eigenvalue weighted by Crippen LogP contribution is -2.47. The van der Waals surface area contributed by atoms with Crippen LogP contribution in [0.1, 0.15) is 13.8 Å². The van der Waals surface area contributed by atoms with Crippen LogP contribution in [0.5, 0.6) is 5.75 Å². The van der Waals surface area contributed by atoms with Crippen molar-refractivity contribution in [2.45, 2.75) is 19.4 Å². The highest BCUT2D eigenvalue weighted by molar-refractivity contribution is 5.65. The van der Waals surface area contributed by atoms with E-state index in [9.17, 15) is 14.9 Å². The number of hydrogen-bond donors (Lipinski definition) is 2. The van der Waals surface area contributed by atoms with Crippen LogP contribution in [0.2, 0.25) is 0 Å². The van der Waals surface area contributed by atoms with E-state index in [0.29, 0.717) is 5.75 Å². The first-order valence-corrected chi connectivity index (χ1v) is 5.18. The molecule has 0 saturated heterocycles. The van der Waals surface area contributed by atoms with Gasteiger partial charge in [0.05, 0.1) is 10.5 Å². The molecule has 0 fully saturated rings. The SMILES string of the molecule is CC(C)(COc1ccc([N+](=O)[O-])cc1)NC(=O)O. The van der Waals surface area contributed by atoms with Crippen molar-refractivity contribution in [3.63, 3.8) is 0 Å². The third-order valence-electron chi connectivity index (χ3n) is 2.09. The number of carboxylic acid groups (broad SMARTS) is 1. The van der Waals surface area contributed by atoms with E-state index in [2.05, 4.69) is 5.32 Å². The Hall–Kier alpha value is -2.31. The van der Waals surface area contributed by atoms with Crippen molar-refractivity contribution in [1.82, 2.24) is 5.32 Å². The van der Waals surface area contributed by atoms with Crippen molar-refractivity contribution in [2.75, 3.05) is 6.61 Å². The maximum absolute atomic E-state index is 10.5. The van der Waals surface area contributed by atoms with E-state index in [1.165, 1.54) is 24.3 Å². The van der Waals surface area contributed by atoms with Crippen LogP contribution < -0.4 is 10.1 Å². The van der Waals surface area contributed by atoms with Gasteiger partial charge in [-0.3, -0.25) is 10.1 Å². The number of non-ortho nitro benzene ring substituents is 1. The van der Waals surface area contributed by atoms with Crippen molar-refractivity contribution < 1.29 is 19.6 Å². The Labute approximate surface area is 104 Å². The minimum Gasteiger partial charge on any atom is -0.491 e. The predicted octanol–water partition coefficient (Wildman–Crippen LogP) is 2.02. The van der Waals surface area contributed by atoms with Crippen molar-refractivity contribution in [1.29, 1.82) is 0 Å². The second-order valence-electron chi connectivity index (χ2n) is 4.35. The second-order valence-corrected chi connectivity index (χ2v) is 4.35. The van der Waals surface area contributed by atoms with Gasteiger partial charge in [-0.15, -0.1) is 0 Å². The standard InChI is InChI=1S/C11H14N2O5/c1-11(2,12-10(14)15)7-18-9-5-3-8(4-6-9)13(16)17/h3-6,12H,7H2,1-2H3,(H,14,15). The maximum atomic E-state index is 10.5. The smallest absolute Gasteiger partial charge is 0.405 e. The third kappa shape index (κ3) is 4.28. The Morgan fingerprint density at radius 3 is 2.44 bits per heavy atom. The summed E-state index contributed by atoms with van der Waals surface area (Å²) >= 11 is 0. The number of nitrogens with zero attached hydrogens (tertiary/aromatic N) is 1. The molecule has 0 saturated carbocycles. The minimum absolute atomic E-state index is 0.0229. The molecular weight excluding hydrogens is 240 g/mol. The Morgan fingerprint density at radius 2 is 2.00 bits per heavy atom. The van der Waals surface area contributed by atoms with Crippen LogP contribution in [-0.4, -0.2) is 28.3 Å². The molecule has 1 aromatic carbocycles. The Morgan fingerprint density at radius 1 is 1.44 bits per heavy atom. The number of carbonyl (C=O) groups is 1. The fourth-order valence-corrected chi connectivity index (χ4v) is 1.25. The molecule has 0 aliphatic rings. The first kappa shape index (κ1) is 13.8. The lowest BCUT2D eigenvalue weighted by molar-refractivity contribution is -0.384. The number of ether oxygens (including phenoxy) is 1. The van der Waals surface area contributed by atoms with Crippen molar-refractivity contribution in [3.8, 4) is 5.75 Å². The first-order chi connectivity index (χ1) is 8.30. The van der Waals surface area contributed by atoms with Gasteiger partial charge in [0.1, 0.15) is 12.4 Å². The van der Waals surface area contributed by atoms with E-state index in [1.54, 1.807) is 13.8 Å². The summed E-state index contributed by atoms with van der Waals surface area (Å²) in [7, 11) is 0. The minimum atomic E-state index is -1.13. The van der Waals surface area contributed by atoms with E-state index in [1.807, 2.05) is 0 Å². The molecule has 0 spiro atoms. The van der Waals surface area contributed by atoms with Gasteiger partial charge in [-0.2, -0.15) is 0 Å². The molecule has 1 amide bonds. The molecular formula is C11H14N2O5. The zero-order valence-electron chi connectivity index (χ0n) is 10.0. The summed E-state index contributed by atoms with van der Waals surface area (Å²) in [5.74, 6) is 0.445. The molecule has 7 heteroatoms. The highest BCUT2D eigenvalue weighted by Gasteiger charge is 2.21. The largest absolute Gasteiger partial charge is 0.491 e. The zero-order valence-corrected chi connectivity index (χ0v) is 10.0. The van der Waals surface area contributed by atoms with Gasteiger partial charge in [0.25, 0.3) is 5.69 Å². The lowest BCUT2D eigenvalue weighted by atomic mass is 10.1. The molecule has 0 bridgehead atoms. The molecule has 0 radical (unpaired) electrons. The van der Waals surface area contributed by atoms with Crippen LogP contribution in [0.25, 0.3) is 0 Å². The molecule has 0 heterocycles. The predicted molar refractivity (Wildman–Crippen MR) is 63.8 cm³/mol. The monoisotopic (exact) mass is 254 g/mol. The van der Waals surface area contributed by atoms with E-state index in [4.69, 9.17) is 9.84 Å². The number of benzene rings is 1. The summed E-state index contributed by atoms with van der Waals surface area (Å²) in [6, 6.07) is 5.59. The molecule has 0 aliphatic carbocycles. The van der Waals surface area contributed by atoms with Crippen LogP contribution in [0.3, 0.4) is 0 Å². The van der Waals surface area contributed by atoms with E-state index < -0.39 is 16.6 Å². The molecule has 0 aromatic heterocycles. The number of hydrogen-bond acceptors (Lipinski definition) is 4. The Kier molecular flexibility index (Phi) is 4.09. The van der Waals surface area contributed by atoms with E-state index >= 15 is 0 Å². The molecule has 7 nitrogen and oxygen atoms in total. The molecule has 0 aliphatic heterocycles. The van der Waals surface area contributed by atoms with Crippen molar-refractivity contribution in [2.24, 2.45) is 0 Å². The van der Waals surface area contributed by atoms with E-state index in [0.717, 1.165) is 0 Å². The molecule has 1 rings (SSSR count). The normalized spacial score (nSPS) is 10.8. The van der Waals surface area contributed by atoms with Gasteiger partial charge in [-0.1, -0.05) is 0 Å². The van der Waals surface area contributed by atoms with Gasteiger partial charge < -0.3 is 15.2 Å². The van der Waals surface area contributed by atoms with Crippen LogP contribution in [0.15, 0.2) is 24.3 Å². The summed E-state index contributed by atoms with van der Waals surface area (Å²) in [5, 5.41) is 21.3. The number of nitrogens with one attached hydrogen (secondary N) is 1. The van der Waals surface area contributed by atoms with Crippen LogP contribution in [-0.2, 0) is 0 Å². The fourth-order valence-electron chi connectivity index (χ4n) is 1.25. The summed E-state index contributed by atoms with van der Waals surface area (Å²) in [6.07, 6.45) is -1.13. The average Bonchev–Trinajstić information content (AvgIpc) is 2.25. The quantitative estimate of drug-likeness (QED) is 0.618. The highest BCUT2D eigenvalue weighted by atomic mass is 16.6. The van der Waals surface area contributed by atoms with Gasteiger partial charge in [0.2, 0.25) is 0 Å². The molecule has 1 aromatic rings. The van der Waals surface area contributed by atoms with Crippen LogP contribution in [0.4, 0.5) is 10.5 Å². The van der Waals surface area contributed by atoms with Gasteiger partial charge in [0.15, 0.2) is 0 Å². The topological polar surface area (TPSA) is 102 Å². The molecule has 2 N–H and O–H groups in total. The van der Waals surface area contributed by atoms with Gasteiger partial charge in [-0.25, -0.2) is 4.79 Å². The number of nitro groups is 1. The fraction of sp³-hybridized carbons (Fsp3) is 0.364. The average molecular weight is 254 g/mol. The maximum Gasteiger partial charge on any atom is 0.405 e. The Bertz CT molecular complexity index is 441. The second kappa shape index (κ2) is 5.35. The van der Waals surface area contributed by atoms with Crippen LogP contribution in [0, 0.1) is 10.1 Å². The van der Waals surface area contributed by atoms with Gasteiger partial charge >= 0.3 is 6.09 Å². The lowest BCUT2D eigenvalue weighted by Gasteiger charge is -2.24. The van der Waals surface area contributed by atoms with Crippen molar-refractivity contribution >= 4 is 11.8 Å².